The highest BCUT2D eigenvalue weighted by molar-refractivity contribution is 5.56. The number of nitrogens with zero attached hydrogens (tertiary/aromatic N) is 1. The molecule has 0 fully saturated rings. The zero-order chi connectivity index (χ0) is 13.1. The Morgan fingerprint density at radius 1 is 1.22 bits per heavy atom. The Labute approximate surface area is 111 Å². The van der Waals surface area contributed by atoms with Crippen molar-refractivity contribution in [1.82, 2.24) is 10.3 Å². The van der Waals surface area contributed by atoms with Crippen molar-refractivity contribution in [3.05, 3.63) is 35.3 Å². The first kappa shape index (κ1) is 13.1. The van der Waals surface area contributed by atoms with E-state index >= 15 is 0 Å². The van der Waals surface area contributed by atoms with Crippen LogP contribution in [0.2, 0.25) is 0 Å². The number of aromatic nitrogens is 1. The van der Waals surface area contributed by atoms with Gasteiger partial charge in [-0.1, -0.05) is 27.7 Å². The molecule has 2 heteroatoms. The number of hydrogen-bond acceptors (Lipinski definition) is 2. The molecule has 18 heavy (non-hydrogen) atoms. The van der Waals surface area contributed by atoms with Crippen LogP contribution < -0.4 is 5.32 Å². The van der Waals surface area contributed by atoms with E-state index in [4.69, 9.17) is 0 Å². The van der Waals surface area contributed by atoms with Gasteiger partial charge in [0, 0.05) is 18.9 Å². The summed E-state index contributed by atoms with van der Waals surface area (Å²) in [4.78, 5) is 4.41. The van der Waals surface area contributed by atoms with E-state index in [1.54, 1.807) is 0 Å². The highest BCUT2D eigenvalue weighted by Gasteiger charge is 2.23. The van der Waals surface area contributed by atoms with Crippen LogP contribution in [0.4, 0.5) is 0 Å². The van der Waals surface area contributed by atoms with Gasteiger partial charge in [0.2, 0.25) is 0 Å². The Bertz CT molecular complexity index is 433. The van der Waals surface area contributed by atoms with Crippen LogP contribution in [-0.4, -0.2) is 11.5 Å². The summed E-state index contributed by atoms with van der Waals surface area (Å²) in [5, 5.41) is 3.35. The first-order chi connectivity index (χ1) is 8.61. The summed E-state index contributed by atoms with van der Waals surface area (Å²) in [6.07, 6.45) is 9.48. The third kappa shape index (κ3) is 2.58. The number of hydrogen-bond donors (Lipinski definition) is 1. The van der Waals surface area contributed by atoms with Crippen molar-refractivity contribution in [2.45, 2.75) is 46.0 Å². The molecule has 0 aliphatic carbocycles. The maximum atomic E-state index is 4.41. The Morgan fingerprint density at radius 3 is 2.67 bits per heavy atom. The number of nitrogens with one attached hydrogen (secondary N) is 1. The summed E-state index contributed by atoms with van der Waals surface area (Å²) < 4.78 is 0. The molecule has 98 valence electrons. The molecule has 0 spiro atoms. The first-order valence-electron chi connectivity index (χ1n) is 6.99. The molecule has 0 aromatic carbocycles. The fraction of sp³-hybridized carbons (Fsp3) is 0.562. The van der Waals surface area contributed by atoms with E-state index in [1.807, 2.05) is 6.20 Å². The van der Waals surface area contributed by atoms with Crippen molar-refractivity contribution in [2.75, 3.05) is 6.54 Å². The van der Waals surface area contributed by atoms with Crippen LogP contribution in [0, 0.1) is 5.92 Å². The lowest BCUT2D eigenvalue weighted by Gasteiger charge is -2.28. The number of pyridine rings is 1. The molecule has 1 unspecified atom stereocenters. The Balaban J connectivity index is 2.58. The third-order valence-corrected chi connectivity index (χ3v) is 3.83. The highest BCUT2D eigenvalue weighted by Crippen LogP contribution is 2.36. The van der Waals surface area contributed by atoms with E-state index < -0.39 is 0 Å². The third-order valence-electron chi connectivity index (χ3n) is 3.83. The molecule has 0 radical (unpaired) electrons. The van der Waals surface area contributed by atoms with Gasteiger partial charge in [-0.25, -0.2) is 0 Å². The lowest BCUT2D eigenvalue weighted by molar-refractivity contribution is 0.457. The van der Waals surface area contributed by atoms with Crippen molar-refractivity contribution in [3.8, 4) is 0 Å². The number of rotatable bonds is 2. The Morgan fingerprint density at radius 2 is 2.00 bits per heavy atom. The van der Waals surface area contributed by atoms with Crippen molar-refractivity contribution < 1.29 is 0 Å². The second-order valence-corrected chi connectivity index (χ2v) is 5.81. The van der Waals surface area contributed by atoms with Crippen molar-refractivity contribution >= 4 is 6.08 Å². The average molecular weight is 244 g/mol. The van der Waals surface area contributed by atoms with Crippen LogP contribution in [0.15, 0.2) is 18.6 Å². The van der Waals surface area contributed by atoms with Gasteiger partial charge < -0.3 is 5.32 Å². The minimum atomic E-state index is 0.537. The second kappa shape index (κ2) is 5.55. The van der Waals surface area contributed by atoms with E-state index in [2.05, 4.69) is 56.5 Å². The molecule has 0 saturated carbocycles. The van der Waals surface area contributed by atoms with Gasteiger partial charge in [-0.15, -0.1) is 0 Å². The van der Waals surface area contributed by atoms with Gasteiger partial charge in [-0.05, 0) is 53.1 Å². The van der Waals surface area contributed by atoms with Crippen LogP contribution in [-0.2, 0) is 0 Å². The van der Waals surface area contributed by atoms with Crippen molar-refractivity contribution in [2.24, 2.45) is 5.92 Å². The summed E-state index contributed by atoms with van der Waals surface area (Å²) in [6.45, 7) is 10.2. The maximum absolute atomic E-state index is 4.41. The molecule has 2 nitrogen and oxygen atoms in total. The van der Waals surface area contributed by atoms with Crippen LogP contribution in [0.1, 0.15) is 62.6 Å². The smallest absolute Gasteiger partial charge is 0.0343 e. The van der Waals surface area contributed by atoms with Gasteiger partial charge in [0.05, 0.1) is 0 Å². The van der Waals surface area contributed by atoms with E-state index in [-0.39, 0.29) is 0 Å². The van der Waals surface area contributed by atoms with Crippen LogP contribution in [0.25, 0.3) is 6.08 Å². The van der Waals surface area contributed by atoms with Gasteiger partial charge >= 0.3 is 0 Å². The Kier molecular flexibility index (Phi) is 4.05. The molecule has 1 N–H and O–H groups in total. The standard InChI is InChI=1S/C16H24N2/c1-11(2)14-6-8-17-7-5-13-9-18-10-15(12(3)4)16(13)14/h5,7,9-12,14,17H,6,8H2,1-4H3/b7-5-. The van der Waals surface area contributed by atoms with Gasteiger partial charge in [0.25, 0.3) is 0 Å². The van der Waals surface area contributed by atoms with Gasteiger partial charge in [-0.3, -0.25) is 4.98 Å². The lowest BCUT2D eigenvalue weighted by Crippen LogP contribution is -2.20. The summed E-state index contributed by atoms with van der Waals surface area (Å²) in [5.41, 5.74) is 4.22. The van der Waals surface area contributed by atoms with Gasteiger partial charge in [-0.2, -0.15) is 0 Å². The fourth-order valence-electron chi connectivity index (χ4n) is 2.81. The maximum Gasteiger partial charge on any atom is 0.0343 e. The van der Waals surface area contributed by atoms with E-state index in [9.17, 15) is 0 Å². The van der Waals surface area contributed by atoms with Gasteiger partial charge in [0.1, 0.15) is 0 Å². The molecule has 0 bridgehead atoms. The molecule has 1 atom stereocenters. The normalized spacial score (nSPS) is 21.1. The lowest BCUT2D eigenvalue weighted by atomic mass is 9.79. The summed E-state index contributed by atoms with van der Waals surface area (Å²) in [5.74, 6) is 1.82. The molecule has 1 aromatic heterocycles. The molecule has 0 saturated heterocycles. The Hall–Kier alpha value is -1.31. The first-order valence-corrected chi connectivity index (χ1v) is 6.99. The minimum Gasteiger partial charge on any atom is -0.391 e. The van der Waals surface area contributed by atoms with Gasteiger partial charge in [0.15, 0.2) is 0 Å². The minimum absolute atomic E-state index is 0.537. The topological polar surface area (TPSA) is 24.9 Å². The fourth-order valence-corrected chi connectivity index (χ4v) is 2.81. The zero-order valence-electron chi connectivity index (χ0n) is 11.9. The number of fused-ring (bicyclic) bond motifs is 1. The molecule has 0 amide bonds. The van der Waals surface area contributed by atoms with E-state index in [0.717, 1.165) is 6.54 Å². The van der Waals surface area contributed by atoms with Crippen LogP contribution in [0.5, 0.6) is 0 Å². The largest absolute Gasteiger partial charge is 0.391 e. The monoisotopic (exact) mass is 244 g/mol. The molecule has 1 aromatic rings. The highest BCUT2D eigenvalue weighted by atomic mass is 14.8. The van der Waals surface area contributed by atoms with E-state index in [0.29, 0.717) is 17.8 Å². The van der Waals surface area contributed by atoms with Crippen molar-refractivity contribution in [3.63, 3.8) is 0 Å². The summed E-state index contributed by atoms with van der Waals surface area (Å²) >= 11 is 0. The molecule has 1 aliphatic rings. The quantitative estimate of drug-likeness (QED) is 0.853. The zero-order valence-corrected chi connectivity index (χ0v) is 11.9. The summed E-state index contributed by atoms with van der Waals surface area (Å²) in [6, 6.07) is 0. The second-order valence-electron chi connectivity index (χ2n) is 5.81. The molecule has 2 heterocycles. The van der Waals surface area contributed by atoms with Crippen molar-refractivity contribution in [1.29, 1.82) is 0 Å². The SMILES string of the molecule is CC(C)c1cncc2c1C(C(C)C)CCN/C=C\2. The average Bonchev–Trinajstić information content (AvgIpc) is 2.28. The molecular weight excluding hydrogens is 220 g/mol. The predicted octanol–water partition coefficient (Wildman–Crippen LogP) is 3.91. The molecular formula is C16H24N2. The molecule has 1 aliphatic heterocycles. The predicted molar refractivity (Wildman–Crippen MR) is 77.6 cm³/mol. The van der Waals surface area contributed by atoms with E-state index in [1.165, 1.54) is 23.1 Å². The van der Waals surface area contributed by atoms with Crippen LogP contribution in [0.3, 0.4) is 0 Å². The van der Waals surface area contributed by atoms with Crippen LogP contribution >= 0.6 is 0 Å². The summed E-state index contributed by atoms with van der Waals surface area (Å²) in [7, 11) is 0. The molecule has 2 rings (SSSR count).